The highest BCUT2D eigenvalue weighted by atomic mass is 35.5. The number of likely N-dealkylation sites (N-methyl/N-ethyl adjacent to an activating group) is 1. The molecule has 0 saturated carbocycles. The molecule has 0 amide bonds. The number of likely N-dealkylation sites (tertiary alicyclic amines) is 1. The van der Waals surface area contributed by atoms with E-state index in [4.69, 9.17) is 16.3 Å². The van der Waals surface area contributed by atoms with E-state index < -0.39 is 5.60 Å². The number of hydrogen-bond donors (Lipinski definition) is 1. The zero-order valence-electron chi connectivity index (χ0n) is 22.8. The SMILES string of the molecule is CCN(Cc1ccc(Cl)cc1)C1CCN(CCC=C2c3cccnc3COC3C=CC(C(C)(C)O)=CC23)C1. The number of nitrogens with zero attached hydrogens (tertiary/aromatic N) is 3. The fourth-order valence-electron chi connectivity index (χ4n) is 5.95. The number of aliphatic hydroxyl groups is 1. The van der Waals surface area contributed by atoms with E-state index in [0.717, 1.165) is 55.4 Å². The normalized spacial score (nSPS) is 24.8. The molecule has 3 heterocycles. The number of aromatic nitrogens is 1. The van der Waals surface area contributed by atoms with Crippen molar-refractivity contribution in [2.75, 3.05) is 26.2 Å². The predicted octanol–water partition coefficient (Wildman–Crippen LogP) is 5.89. The lowest BCUT2D eigenvalue weighted by atomic mass is 9.80. The molecule has 3 unspecified atom stereocenters. The van der Waals surface area contributed by atoms with Crippen LogP contribution < -0.4 is 0 Å². The first-order valence-corrected chi connectivity index (χ1v) is 14.3. The quantitative estimate of drug-likeness (QED) is 0.458. The average Bonchev–Trinajstić information content (AvgIpc) is 3.32. The van der Waals surface area contributed by atoms with Gasteiger partial charge in [-0.15, -0.1) is 0 Å². The third-order valence-electron chi connectivity index (χ3n) is 8.14. The summed E-state index contributed by atoms with van der Waals surface area (Å²) in [5.41, 5.74) is 4.77. The van der Waals surface area contributed by atoms with Gasteiger partial charge in [-0.2, -0.15) is 0 Å². The second-order valence-corrected chi connectivity index (χ2v) is 11.7. The third kappa shape index (κ3) is 6.30. The number of ether oxygens (including phenoxy) is 1. The van der Waals surface area contributed by atoms with Gasteiger partial charge in [-0.05, 0) is 74.7 Å². The van der Waals surface area contributed by atoms with Gasteiger partial charge in [0.05, 0.1) is 24.0 Å². The van der Waals surface area contributed by atoms with Crippen molar-refractivity contribution in [2.24, 2.45) is 5.92 Å². The molecule has 2 aromatic rings. The zero-order valence-corrected chi connectivity index (χ0v) is 23.6. The van der Waals surface area contributed by atoms with Crippen LogP contribution in [0.2, 0.25) is 5.02 Å². The van der Waals surface area contributed by atoms with Crippen LogP contribution in [0, 0.1) is 5.92 Å². The van der Waals surface area contributed by atoms with Gasteiger partial charge < -0.3 is 14.7 Å². The van der Waals surface area contributed by atoms with Crippen LogP contribution in [-0.4, -0.2) is 63.8 Å². The molecule has 6 heteroatoms. The van der Waals surface area contributed by atoms with Crippen molar-refractivity contribution >= 4 is 17.2 Å². The molecule has 5 rings (SSSR count). The highest BCUT2D eigenvalue weighted by Crippen LogP contribution is 2.39. The van der Waals surface area contributed by atoms with E-state index in [1.165, 1.54) is 23.1 Å². The Kier molecular flexibility index (Phi) is 8.51. The summed E-state index contributed by atoms with van der Waals surface area (Å²) in [6, 6.07) is 13.0. The van der Waals surface area contributed by atoms with Crippen molar-refractivity contribution in [1.82, 2.24) is 14.8 Å². The van der Waals surface area contributed by atoms with Crippen molar-refractivity contribution < 1.29 is 9.84 Å². The number of halogens is 1. The number of hydrogen-bond acceptors (Lipinski definition) is 5. The summed E-state index contributed by atoms with van der Waals surface area (Å²) in [5.74, 6) is 0.0631. The molecule has 1 saturated heterocycles. The average molecular weight is 534 g/mol. The number of benzene rings is 1. The molecular formula is C32H40ClN3O2. The van der Waals surface area contributed by atoms with E-state index >= 15 is 0 Å². The number of pyridine rings is 1. The van der Waals surface area contributed by atoms with Gasteiger partial charge in [0.25, 0.3) is 0 Å². The molecule has 1 aromatic carbocycles. The van der Waals surface area contributed by atoms with Crippen LogP contribution >= 0.6 is 11.6 Å². The second-order valence-electron chi connectivity index (χ2n) is 11.2. The predicted molar refractivity (Wildman–Crippen MR) is 155 cm³/mol. The summed E-state index contributed by atoms with van der Waals surface area (Å²) in [6.45, 7) is 11.7. The first-order valence-electron chi connectivity index (χ1n) is 13.9. The van der Waals surface area contributed by atoms with E-state index in [-0.39, 0.29) is 12.0 Å². The molecule has 1 N–H and O–H groups in total. The lowest BCUT2D eigenvalue weighted by Gasteiger charge is -2.30. The largest absolute Gasteiger partial charge is 0.386 e. The van der Waals surface area contributed by atoms with Gasteiger partial charge in [-0.1, -0.05) is 61.0 Å². The Hall–Kier alpha value is -2.28. The van der Waals surface area contributed by atoms with Gasteiger partial charge in [0.15, 0.2) is 0 Å². The summed E-state index contributed by atoms with van der Waals surface area (Å²) in [7, 11) is 0. The maximum atomic E-state index is 10.7. The van der Waals surface area contributed by atoms with Crippen molar-refractivity contribution in [2.45, 2.75) is 64.5 Å². The van der Waals surface area contributed by atoms with Gasteiger partial charge in [0.2, 0.25) is 0 Å². The van der Waals surface area contributed by atoms with Crippen molar-refractivity contribution in [3.63, 3.8) is 0 Å². The molecule has 0 radical (unpaired) electrons. The lowest BCUT2D eigenvalue weighted by Crippen LogP contribution is -2.37. The maximum Gasteiger partial charge on any atom is 0.0902 e. The maximum absolute atomic E-state index is 10.7. The molecule has 1 fully saturated rings. The van der Waals surface area contributed by atoms with E-state index in [9.17, 15) is 5.11 Å². The summed E-state index contributed by atoms with van der Waals surface area (Å²) < 4.78 is 6.27. The molecule has 0 spiro atoms. The standard InChI is InChI=1S/C32H40ClN3O2/c1-4-36(20-23-9-12-25(33)13-10-23)26-15-18-35(21-26)17-6-8-27-28-7-5-16-34-30(28)22-38-31-14-11-24(19-29(27)31)32(2,3)37/h5,7-14,16,19,26,29,31,37H,4,6,15,17-18,20-22H2,1-3H3. The minimum absolute atomic E-state index is 0.0521. The Morgan fingerprint density at radius 1 is 1.24 bits per heavy atom. The monoisotopic (exact) mass is 533 g/mol. The lowest BCUT2D eigenvalue weighted by molar-refractivity contribution is 0.0570. The van der Waals surface area contributed by atoms with Crippen LogP contribution in [0.5, 0.6) is 0 Å². The first-order chi connectivity index (χ1) is 18.3. The Labute approximate surface area is 232 Å². The van der Waals surface area contributed by atoms with Crippen molar-refractivity contribution in [3.05, 3.63) is 94.3 Å². The fourth-order valence-corrected chi connectivity index (χ4v) is 6.08. The Morgan fingerprint density at radius 3 is 2.82 bits per heavy atom. The molecule has 0 bridgehead atoms. The topological polar surface area (TPSA) is 48.8 Å². The van der Waals surface area contributed by atoms with Crippen LogP contribution in [0.4, 0.5) is 0 Å². The number of fused-ring (bicyclic) bond motifs is 2. The molecule has 1 aromatic heterocycles. The highest BCUT2D eigenvalue weighted by Gasteiger charge is 2.33. The molecule has 3 aliphatic rings. The summed E-state index contributed by atoms with van der Waals surface area (Å²) in [5, 5.41) is 11.5. The van der Waals surface area contributed by atoms with Gasteiger partial charge >= 0.3 is 0 Å². The molecular weight excluding hydrogens is 494 g/mol. The zero-order chi connectivity index (χ0) is 26.7. The van der Waals surface area contributed by atoms with Gasteiger partial charge in [0.1, 0.15) is 0 Å². The highest BCUT2D eigenvalue weighted by molar-refractivity contribution is 6.30. The third-order valence-corrected chi connectivity index (χ3v) is 8.39. The van der Waals surface area contributed by atoms with Crippen molar-refractivity contribution in [3.8, 4) is 0 Å². The van der Waals surface area contributed by atoms with E-state index in [0.29, 0.717) is 12.6 Å². The van der Waals surface area contributed by atoms with Crippen molar-refractivity contribution in [1.29, 1.82) is 0 Å². The smallest absolute Gasteiger partial charge is 0.0902 e. The van der Waals surface area contributed by atoms with E-state index in [2.05, 4.69) is 58.1 Å². The van der Waals surface area contributed by atoms with Crippen LogP contribution in [-0.2, 0) is 17.9 Å². The second kappa shape index (κ2) is 11.8. The van der Waals surface area contributed by atoms with Crippen LogP contribution in [0.1, 0.15) is 50.4 Å². The van der Waals surface area contributed by atoms with Gasteiger partial charge in [-0.25, -0.2) is 0 Å². The molecule has 38 heavy (non-hydrogen) atoms. The Morgan fingerprint density at radius 2 is 2.05 bits per heavy atom. The molecule has 1 aliphatic carbocycles. The molecule has 2 aliphatic heterocycles. The van der Waals surface area contributed by atoms with Crippen LogP contribution in [0.15, 0.2) is 72.5 Å². The van der Waals surface area contributed by atoms with Gasteiger partial charge in [0, 0.05) is 48.4 Å². The minimum atomic E-state index is -0.890. The Bertz CT molecular complexity index is 1200. The fraction of sp³-hybridized carbons (Fsp3) is 0.469. The number of rotatable bonds is 8. The molecule has 3 atom stereocenters. The Balaban J connectivity index is 1.28. The summed E-state index contributed by atoms with van der Waals surface area (Å²) >= 11 is 6.08. The molecule has 5 nitrogen and oxygen atoms in total. The van der Waals surface area contributed by atoms with Crippen LogP contribution in [0.3, 0.4) is 0 Å². The summed E-state index contributed by atoms with van der Waals surface area (Å²) in [6.07, 6.45) is 12.7. The first kappa shape index (κ1) is 27.3. The van der Waals surface area contributed by atoms with E-state index in [1.807, 2.05) is 44.3 Å². The van der Waals surface area contributed by atoms with Crippen LogP contribution in [0.25, 0.3) is 5.57 Å². The minimum Gasteiger partial charge on any atom is -0.386 e. The van der Waals surface area contributed by atoms with Gasteiger partial charge in [-0.3, -0.25) is 9.88 Å². The summed E-state index contributed by atoms with van der Waals surface area (Å²) in [4.78, 5) is 9.82. The molecule has 202 valence electrons. The van der Waals surface area contributed by atoms with E-state index in [1.54, 1.807) is 0 Å².